The van der Waals surface area contributed by atoms with Gasteiger partial charge in [-0.1, -0.05) is 0 Å². The van der Waals surface area contributed by atoms with E-state index in [1.165, 1.54) is 0 Å². The molecule has 0 aliphatic carbocycles. The summed E-state index contributed by atoms with van der Waals surface area (Å²) in [5, 5.41) is 0. The maximum absolute atomic E-state index is 11.1. The summed E-state index contributed by atoms with van der Waals surface area (Å²) in [4.78, 5) is 2.23. The van der Waals surface area contributed by atoms with Gasteiger partial charge in [-0.15, -0.1) is 0 Å². The highest BCUT2D eigenvalue weighted by atomic mass is 35.7. The minimum atomic E-state index is -3.38. The summed E-state index contributed by atoms with van der Waals surface area (Å²) < 4.78 is 28.0. The van der Waals surface area contributed by atoms with Crippen LogP contribution in [0.3, 0.4) is 0 Å². The third-order valence-corrected chi connectivity index (χ3v) is 4.78. The summed E-state index contributed by atoms with van der Waals surface area (Å²) in [5.74, 6) is 0.242. The molecule has 6 heteroatoms. The van der Waals surface area contributed by atoms with E-state index in [-0.39, 0.29) is 17.3 Å². The molecule has 94 valence electrons. The zero-order valence-corrected chi connectivity index (χ0v) is 11.1. The van der Waals surface area contributed by atoms with Gasteiger partial charge < -0.3 is 9.64 Å². The Kier molecular flexibility index (Phi) is 3.50. The molecule has 2 heterocycles. The number of halogens is 1. The van der Waals surface area contributed by atoms with Gasteiger partial charge in [0.25, 0.3) is 0 Å². The second kappa shape index (κ2) is 4.44. The number of hydrogen-bond acceptors (Lipinski definition) is 4. The molecule has 0 aromatic carbocycles. The first-order chi connectivity index (χ1) is 7.39. The van der Waals surface area contributed by atoms with Crippen molar-refractivity contribution in [1.82, 2.24) is 4.90 Å². The third kappa shape index (κ3) is 3.09. The smallest absolute Gasteiger partial charge is 0.232 e. The fourth-order valence-corrected chi connectivity index (χ4v) is 4.26. The molecule has 2 saturated heterocycles. The van der Waals surface area contributed by atoms with Crippen molar-refractivity contribution >= 4 is 19.7 Å². The largest absolute Gasteiger partial charge is 0.374 e. The van der Waals surface area contributed by atoms with Gasteiger partial charge in [0.2, 0.25) is 9.05 Å². The highest BCUT2D eigenvalue weighted by Gasteiger charge is 2.42. The quantitative estimate of drug-likeness (QED) is 0.702. The summed E-state index contributed by atoms with van der Waals surface area (Å²) >= 11 is 0. The van der Waals surface area contributed by atoms with Crippen molar-refractivity contribution in [3.63, 3.8) is 0 Å². The van der Waals surface area contributed by atoms with Crippen LogP contribution in [0.4, 0.5) is 0 Å². The van der Waals surface area contributed by atoms with Crippen molar-refractivity contribution in [3.8, 4) is 0 Å². The number of nitrogens with zero attached hydrogens (tertiary/aromatic N) is 1. The van der Waals surface area contributed by atoms with E-state index in [4.69, 9.17) is 15.4 Å². The Morgan fingerprint density at radius 2 is 2.31 bits per heavy atom. The highest BCUT2D eigenvalue weighted by molar-refractivity contribution is 8.13. The Hall–Kier alpha value is 0.160. The van der Waals surface area contributed by atoms with Gasteiger partial charge in [0.15, 0.2) is 0 Å². The summed E-state index contributed by atoms with van der Waals surface area (Å²) in [6.45, 7) is 2.59. The van der Waals surface area contributed by atoms with Gasteiger partial charge in [-0.3, -0.25) is 0 Å². The SMILES string of the molecule is CN1CCC2(CC(CS(=O)(=O)Cl)CCO2)C1. The molecule has 2 fully saturated rings. The number of likely N-dealkylation sites (N-methyl/N-ethyl adjacent to an activating group) is 1. The van der Waals surface area contributed by atoms with E-state index < -0.39 is 9.05 Å². The predicted molar refractivity (Wildman–Crippen MR) is 63.2 cm³/mol. The summed E-state index contributed by atoms with van der Waals surface area (Å²) in [6.07, 6.45) is 2.63. The van der Waals surface area contributed by atoms with Crippen LogP contribution in [0, 0.1) is 5.92 Å². The lowest BCUT2D eigenvalue weighted by Crippen LogP contribution is -2.43. The number of ether oxygens (including phenoxy) is 1. The van der Waals surface area contributed by atoms with E-state index in [9.17, 15) is 8.42 Å². The average molecular weight is 268 g/mol. The van der Waals surface area contributed by atoms with Crippen molar-refractivity contribution in [2.24, 2.45) is 5.92 Å². The maximum atomic E-state index is 11.1. The molecule has 2 atom stereocenters. The summed E-state index contributed by atoms with van der Waals surface area (Å²) in [5.41, 5.74) is -0.112. The number of rotatable bonds is 2. The molecule has 2 rings (SSSR count). The molecule has 0 aromatic rings. The Bertz CT molecular complexity index is 355. The molecule has 0 radical (unpaired) electrons. The van der Waals surface area contributed by atoms with Crippen LogP contribution in [0.5, 0.6) is 0 Å². The van der Waals surface area contributed by atoms with Crippen LogP contribution >= 0.6 is 10.7 Å². The minimum Gasteiger partial charge on any atom is -0.374 e. The first kappa shape index (κ1) is 12.6. The van der Waals surface area contributed by atoms with Gasteiger partial charge in [-0.05, 0) is 32.2 Å². The Labute approximate surface area is 101 Å². The minimum absolute atomic E-state index is 0.0867. The number of likely N-dealkylation sites (tertiary alicyclic amines) is 1. The normalized spacial score (nSPS) is 37.0. The second-order valence-corrected chi connectivity index (χ2v) is 7.91. The molecule has 2 aliphatic heterocycles. The van der Waals surface area contributed by atoms with Crippen molar-refractivity contribution in [3.05, 3.63) is 0 Å². The van der Waals surface area contributed by atoms with Crippen molar-refractivity contribution < 1.29 is 13.2 Å². The molecule has 0 amide bonds. The molecule has 0 bridgehead atoms. The molecule has 0 aromatic heterocycles. The van der Waals surface area contributed by atoms with E-state index in [1.807, 2.05) is 0 Å². The van der Waals surface area contributed by atoms with Crippen LogP contribution in [0.1, 0.15) is 19.3 Å². The van der Waals surface area contributed by atoms with E-state index in [1.54, 1.807) is 0 Å². The van der Waals surface area contributed by atoms with Crippen LogP contribution in [-0.4, -0.2) is 51.4 Å². The van der Waals surface area contributed by atoms with Crippen LogP contribution in [0.15, 0.2) is 0 Å². The lowest BCUT2D eigenvalue weighted by molar-refractivity contribution is -0.0846. The molecular formula is C10H18ClNO3S. The molecule has 4 nitrogen and oxygen atoms in total. The second-order valence-electron chi connectivity index (χ2n) is 5.08. The lowest BCUT2D eigenvalue weighted by Gasteiger charge is -2.37. The van der Waals surface area contributed by atoms with Gasteiger partial charge >= 0.3 is 0 Å². The zero-order valence-electron chi connectivity index (χ0n) is 9.49. The van der Waals surface area contributed by atoms with Crippen LogP contribution < -0.4 is 0 Å². The van der Waals surface area contributed by atoms with Gasteiger partial charge in [0.05, 0.1) is 11.4 Å². The van der Waals surface area contributed by atoms with E-state index in [2.05, 4.69) is 11.9 Å². The third-order valence-electron chi connectivity index (χ3n) is 3.54. The Morgan fingerprint density at radius 3 is 2.88 bits per heavy atom. The number of hydrogen-bond donors (Lipinski definition) is 0. The predicted octanol–water partition coefficient (Wildman–Crippen LogP) is 1.06. The zero-order chi connectivity index (χ0) is 11.8. The standard InChI is InChI=1S/C10H18ClNO3S/c1-12-4-3-10(8-12)6-9(2-5-15-10)7-16(11,13)14/h9H,2-8H2,1H3. The monoisotopic (exact) mass is 267 g/mol. The van der Waals surface area contributed by atoms with E-state index in [0.717, 1.165) is 32.4 Å². The van der Waals surface area contributed by atoms with Crippen LogP contribution in [0.2, 0.25) is 0 Å². The van der Waals surface area contributed by atoms with Gasteiger partial charge in [0.1, 0.15) is 0 Å². The Morgan fingerprint density at radius 1 is 1.56 bits per heavy atom. The van der Waals surface area contributed by atoms with Crippen molar-refractivity contribution in [2.45, 2.75) is 24.9 Å². The topological polar surface area (TPSA) is 46.6 Å². The molecule has 2 aliphatic rings. The maximum Gasteiger partial charge on any atom is 0.232 e. The lowest BCUT2D eigenvalue weighted by atomic mass is 9.86. The van der Waals surface area contributed by atoms with E-state index >= 15 is 0 Å². The highest BCUT2D eigenvalue weighted by Crippen LogP contribution is 2.37. The van der Waals surface area contributed by atoms with Crippen molar-refractivity contribution in [2.75, 3.05) is 32.5 Å². The van der Waals surface area contributed by atoms with Gasteiger partial charge in [-0.2, -0.15) is 0 Å². The van der Waals surface area contributed by atoms with Crippen LogP contribution in [0.25, 0.3) is 0 Å². The Balaban J connectivity index is 1.99. The molecule has 2 unspecified atom stereocenters. The first-order valence-corrected chi connectivity index (χ1v) is 8.11. The molecule has 0 N–H and O–H groups in total. The first-order valence-electron chi connectivity index (χ1n) is 5.63. The molecular weight excluding hydrogens is 250 g/mol. The molecule has 16 heavy (non-hydrogen) atoms. The van der Waals surface area contributed by atoms with E-state index in [0.29, 0.717) is 6.61 Å². The van der Waals surface area contributed by atoms with Gasteiger partial charge in [-0.25, -0.2) is 8.42 Å². The summed E-state index contributed by atoms with van der Waals surface area (Å²) in [7, 11) is 4.00. The summed E-state index contributed by atoms with van der Waals surface area (Å²) in [6, 6.07) is 0. The fourth-order valence-electron chi connectivity index (χ4n) is 2.88. The van der Waals surface area contributed by atoms with Crippen molar-refractivity contribution in [1.29, 1.82) is 0 Å². The molecule has 1 spiro atoms. The fraction of sp³-hybridized carbons (Fsp3) is 1.00. The van der Waals surface area contributed by atoms with Gasteiger partial charge in [0, 0.05) is 30.4 Å². The average Bonchev–Trinajstić information content (AvgIpc) is 2.44. The molecule has 0 saturated carbocycles. The van der Waals surface area contributed by atoms with Crippen LogP contribution in [-0.2, 0) is 13.8 Å².